The van der Waals surface area contributed by atoms with Gasteiger partial charge in [0.25, 0.3) is 0 Å². The molecule has 2 amide bonds. The molecule has 0 aliphatic heterocycles. The first-order valence-electron chi connectivity index (χ1n) is 12.3. The van der Waals surface area contributed by atoms with Crippen LogP contribution in [-0.4, -0.2) is 28.8 Å². The van der Waals surface area contributed by atoms with E-state index < -0.39 is 6.04 Å². The highest BCUT2D eigenvalue weighted by molar-refractivity contribution is 6.35. The Morgan fingerprint density at radius 1 is 0.917 bits per heavy atom. The SMILES string of the molecule is CC[C@H](C)NC(=O)[C@H](Cc1ccccc1)N(Cc1ccc(Cl)cc1Cl)C(=O)Cc1cc(C)cc(C)c1. The normalized spacial score (nSPS) is 12.6. The van der Waals surface area contributed by atoms with Crippen molar-refractivity contribution in [2.75, 3.05) is 0 Å². The van der Waals surface area contributed by atoms with E-state index in [1.807, 2.05) is 76.2 Å². The van der Waals surface area contributed by atoms with Gasteiger partial charge in [-0.25, -0.2) is 0 Å². The number of carbonyl (C=O) groups excluding carboxylic acids is 2. The average Bonchev–Trinajstić information content (AvgIpc) is 2.82. The van der Waals surface area contributed by atoms with Crippen molar-refractivity contribution in [3.63, 3.8) is 0 Å². The summed E-state index contributed by atoms with van der Waals surface area (Å²) in [5.41, 5.74) is 4.84. The van der Waals surface area contributed by atoms with Gasteiger partial charge in [0.2, 0.25) is 11.8 Å². The fourth-order valence-corrected chi connectivity index (χ4v) is 4.74. The molecular weight excluding hydrogens is 491 g/mol. The lowest BCUT2D eigenvalue weighted by molar-refractivity contribution is -0.141. The molecule has 3 aromatic rings. The van der Waals surface area contributed by atoms with Crippen LogP contribution in [0.2, 0.25) is 10.0 Å². The maximum atomic E-state index is 13.9. The molecule has 2 atom stereocenters. The molecule has 0 unspecified atom stereocenters. The maximum Gasteiger partial charge on any atom is 0.243 e. The van der Waals surface area contributed by atoms with E-state index in [1.54, 1.807) is 17.0 Å². The zero-order valence-electron chi connectivity index (χ0n) is 21.4. The molecule has 0 saturated heterocycles. The van der Waals surface area contributed by atoms with E-state index in [-0.39, 0.29) is 30.8 Å². The quantitative estimate of drug-likeness (QED) is 0.320. The highest BCUT2D eigenvalue weighted by Crippen LogP contribution is 2.25. The summed E-state index contributed by atoms with van der Waals surface area (Å²) in [6.45, 7) is 8.22. The zero-order valence-corrected chi connectivity index (χ0v) is 22.9. The predicted molar refractivity (Wildman–Crippen MR) is 148 cm³/mol. The summed E-state index contributed by atoms with van der Waals surface area (Å²) in [6.07, 6.45) is 1.38. The molecule has 0 bridgehead atoms. The zero-order chi connectivity index (χ0) is 26.2. The Balaban J connectivity index is 2.02. The van der Waals surface area contributed by atoms with Gasteiger partial charge in [-0.2, -0.15) is 0 Å². The lowest BCUT2D eigenvalue weighted by Crippen LogP contribution is -2.52. The van der Waals surface area contributed by atoms with Crippen molar-refractivity contribution in [3.05, 3.63) is 105 Å². The van der Waals surface area contributed by atoms with E-state index in [4.69, 9.17) is 23.2 Å². The van der Waals surface area contributed by atoms with Gasteiger partial charge in [-0.05, 0) is 56.0 Å². The number of rotatable bonds is 10. The Morgan fingerprint density at radius 3 is 2.19 bits per heavy atom. The van der Waals surface area contributed by atoms with E-state index in [0.717, 1.165) is 34.2 Å². The molecule has 0 fully saturated rings. The van der Waals surface area contributed by atoms with Gasteiger partial charge in [0, 0.05) is 29.1 Å². The molecule has 6 heteroatoms. The second kappa shape index (κ2) is 12.9. The van der Waals surface area contributed by atoms with Crippen molar-refractivity contribution >= 4 is 35.0 Å². The van der Waals surface area contributed by atoms with Crippen LogP contribution < -0.4 is 5.32 Å². The summed E-state index contributed by atoms with van der Waals surface area (Å²) >= 11 is 12.6. The Kier molecular flexibility index (Phi) is 9.98. The van der Waals surface area contributed by atoms with Crippen molar-refractivity contribution < 1.29 is 9.59 Å². The van der Waals surface area contributed by atoms with Crippen LogP contribution in [0, 0.1) is 13.8 Å². The third kappa shape index (κ3) is 7.84. The van der Waals surface area contributed by atoms with Crippen LogP contribution in [0.5, 0.6) is 0 Å². The predicted octanol–water partition coefficient (Wildman–Crippen LogP) is 6.71. The molecule has 0 aliphatic carbocycles. The second-order valence-electron chi connectivity index (χ2n) is 9.45. The van der Waals surface area contributed by atoms with Crippen molar-refractivity contribution in [1.82, 2.24) is 10.2 Å². The van der Waals surface area contributed by atoms with Gasteiger partial charge in [0.05, 0.1) is 6.42 Å². The van der Waals surface area contributed by atoms with Gasteiger partial charge >= 0.3 is 0 Å². The highest BCUT2D eigenvalue weighted by Gasteiger charge is 2.31. The van der Waals surface area contributed by atoms with E-state index in [1.165, 1.54) is 0 Å². The standard InChI is InChI=1S/C30H34Cl2N2O2/c1-5-22(4)33-30(36)28(16-23-9-7-6-8-10-23)34(19-25-11-12-26(31)18-27(25)32)29(35)17-24-14-20(2)13-21(3)15-24/h6-15,18,22,28H,5,16-17,19H2,1-4H3,(H,33,36)/t22-,28-/m0/s1. The van der Waals surface area contributed by atoms with Gasteiger partial charge in [-0.3, -0.25) is 9.59 Å². The van der Waals surface area contributed by atoms with Crippen LogP contribution in [-0.2, 0) is 29.0 Å². The fourth-order valence-electron chi connectivity index (χ4n) is 4.28. The fraction of sp³-hybridized carbons (Fsp3) is 0.333. The van der Waals surface area contributed by atoms with Gasteiger partial charge < -0.3 is 10.2 Å². The molecule has 0 aromatic heterocycles. The van der Waals surface area contributed by atoms with Crippen molar-refractivity contribution in [1.29, 1.82) is 0 Å². The topological polar surface area (TPSA) is 49.4 Å². The number of halogens is 2. The first-order valence-corrected chi connectivity index (χ1v) is 13.1. The third-order valence-electron chi connectivity index (χ3n) is 6.26. The highest BCUT2D eigenvalue weighted by atomic mass is 35.5. The van der Waals surface area contributed by atoms with E-state index >= 15 is 0 Å². The first kappa shape index (κ1) is 27.8. The lowest BCUT2D eigenvalue weighted by atomic mass is 10.00. The van der Waals surface area contributed by atoms with Crippen LogP contribution >= 0.6 is 23.2 Å². The summed E-state index contributed by atoms with van der Waals surface area (Å²) in [4.78, 5) is 29.1. The molecule has 3 aromatic carbocycles. The minimum atomic E-state index is -0.702. The van der Waals surface area contributed by atoms with Crippen LogP contribution in [0.3, 0.4) is 0 Å². The number of nitrogens with zero attached hydrogens (tertiary/aromatic N) is 1. The van der Waals surface area contributed by atoms with E-state index in [2.05, 4.69) is 11.4 Å². The first-order chi connectivity index (χ1) is 17.2. The molecule has 0 aliphatic rings. The van der Waals surface area contributed by atoms with Crippen LogP contribution in [0.4, 0.5) is 0 Å². The van der Waals surface area contributed by atoms with E-state index in [9.17, 15) is 9.59 Å². The largest absolute Gasteiger partial charge is 0.352 e. The Labute approximate surface area is 224 Å². The molecular formula is C30H34Cl2N2O2. The van der Waals surface area contributed by atoms with Crippen molar-refractivity contribution in [2.24, 2.45) is 0 Å². The molecule has 190 valence electrons. The Bertz CT molecular complexity index is 1180. The summed E-state index contributed by atoms with van der Waals surface area (Å²) < 4.78 is 0. The summed E-state index contributed by atoms with van der Waals surface area (Å²) in [7, 11) is 0. The number of benzene rings is 3. The van der Waals surface area contributed by atoms with Gasteiger partial charge in [-0.15, -0.1) is 0 Å². The van der Waals surface area contributed by atoms with Crippen molar-refractivity contribution in [3.8, 4) is 0 Å². The Hall–Kier alpha value is -2.82. The van der Waals surface area contributed by atoms with E-state index in [0.29, 0.717) is 16.5 Å². The number of hydrogen-bond acceptors (Lipinski definition) is 2. The Morgan fingerprint density at radius 2 is 1.58 bits per heavy atom. The summed E-state index contributed by atoms with van der Waals surface area (Å²) in [6, 6.07) is 20.4. The van der Waals surface area contributed by atoms with Gasteiger partial charge in [-0.1, -0.05) is 95.8 Å². The minimum Gasteiger partial charge on any atom is -0.352 e. The molecule has 3 rings (SSSR count). The molecule has 0 heterocycles. The molecule has 0 saturated carbocycles. The molecule has 0 spiro atoms. The number of carbonyl (C=O) groups is 2. The van der Waals surface area contributed by atoms with Crippen LogP contribution in [0.25, 0.3) is 0 Å². The average molecular weight is 526 g/mol. The smallest absolute Gasteiger partial charge is 0.243 e. The number of hydrogen-bond donors (Lipinski definition) is 1. The number of nitrogens with one attached hydrogen (secondary N) is 1. The van der Waals surface area contributed by atoms with Gasteiger partial charge in [0.1, 0.15) is 6.04 Å². The monoisotopic (exact) mass is 524 g/mol. The molecule has 4 nitrogen and oxygen atoms in total. The van der Waals surface area contributed by atoms with Crippen LogP contribution in [0.15, 0.2) is 66.7 Å². The molecule has 0 radical (unpaired) electrons. The number of amides is 2. The van der Waals surface area contributed by atoms with Gasteiger partial charge in [0.15, 0.2) is 0 Å². The lowest BCUT2D eigenvalue weighted by Gasteiger charge is -2.32. The minimum absolute atomic E-state index is 0.00809. The van der Waals surface area contributed by atoms with Crippen LogP contribution in [0.1, 0.15) is 48.1 Å². The number of aryl methyl sites for hydroxylation is 2. The summed E-state index contributed by atoms with van der Waals surface area (Å²) in [5.74, 6) is -0.307. The second-order valence-corrected chi connectivity index (χ2v) is 10.3. The van der Waals surface area contributed by atoms with Crippen molar-refractivity contribution in [2.45, 2.75) is 65.6 Å². The molecule has 1 N–H and O–H groups in total. The molecule has 36 heavy (non-hydrogen) atoms. The third-order valence-corrected chi connectivity index (χ3v) is 6.85. The maximum absolute atomic E-state index is 13.9. The summed E-state index contributed by atoms with van der Waals surface area (Å²) in [5, 5.41) is 4.08.